The van der Waals surface area contributed by atoms with Gasteiger partial charge in [-0.05, 0) is 39.3 Å². The Balaban J connectivity index is 1.83. The van der Waals surface area contributed by atoms with E-state index in [0.717, 1.165) is 19.6 Å². The molecule has 2 N–H and O–H groups in total. The molecule has 0 bridgehead atoms. The summed E-state index contributed by atoms with van der Waals surface area (Å²) in [5, 5.41) is 12.3. The molecule has 0 spiro atoms. The molecule has 0 aromatic carbocycles. The number of carboxylic acid groups (broad SMARTS) is 1. The van der Waals surface area contributed by atoms with Gasteiger partial charge in [0.05, 0.1) is 0 Å². The largest absolute Gasteiger partial charge is 0.480 e. The molecule has 2 saturated heterocycles. The number of rotatable bonds is 6. The lowest BCUT2D eigenvalue weighted by Gasteiger charge is -2.47. The van der Waals surface area contributed by atoms with Crippen LogP contribution in [0.1, 0.15) is 39.5 Å². The molecule has 0 amide bonds. The zero-order valence-corrected chi connectivity index (χ0v) is 12.8. The van der Waals surface area contributed by atoms with E-state index in [1.807, 2.05) is 6.92 Å². The molecule has 0 saturated carbocycles. The lowest BCUT2D eigenvalue weighted by molar-refractivity contribution is -0.139. The van der Waals surface area contributed by atoms with Crippen LogP contribution in [0.3, 0.4) is 0 Å². The summed E-state index contributed by atoms with van der Waals surface area (Å²) in [6, 6.07) is 0.833. The Morgan fingerprint density at radius 1 is 1.40 bits per heavy atom. The minimum Gasteiger partial charge on any atom is -0.480 e. The first kappa shape index (κ1) is 15.7. The zero-order valence-electron chi connectivity index (χ0n) is 12.8. The quantitative estimate of drug-likeness (QED) is 0.761. The van der Waals surface area contributed by atoms with Crippen LogP contribution in [0.2, 0.25) is 0 Å². The maximum absolute atomic E-state index is 11.2. The van der Waals surface area contributed by atoms with Crippen LogP contribution in [0.15, 0.2) is 0 Å². The van der Waals surface area contributed by atoms with Crippen LogP contribution in [0.25, 0.3) is 0 Å². The fraction of sp³-hybridized carbons (Fsp3) is 0.933. The lowest BCUT2D eigenvalue weighted by atomic mass is 9.97. The number of aliphatic carboxylic acids is 1. The second kappa shape index (κ2) is 7.38. The van der Waals surface area contributed by atoms with Crippen molar-refractivity contribution < 1.29 is 9.90 Å². The number of fused-ring (bicyclic) bond motifs is 1. The van der Waals surface area contributed by atoms with Gasteiger partial charge in [0.2, 0.25) is 0 Å². The topological polar surface area (TPSA) is 55.8 Å². The van der Waals surface area contributed by atoms with Crippen molar-refractivity contribution in [1.29, 1.82) is 0 Å². The molecule has 3 unspecified atom stereocenters. The number of hydrogen-bond donors (Lipinski definition) is 2. The van der Waals surface area contributed by atoms with Crippen LogP contribution in [-0.4, -0.2) is 71.7 Å². The first-order valence-corrected chi connectivity index (χ1v) is 8.06. The molecule has 2 aliphatic rings. The Hall–Kier alpha value is -0.650. The number of likely N-dealkylation sites (N-methyl/N-ethyl adjacent to an activating group) is 1. The Kier molecular flexibility index (Phi) is 5.81. The summed E-state index contributed by atoms with van der Waals surface area (Å²) >= 11 is 0. The zero-order chi connectivity index (χ0) is 14.5. The number of carboxylic acids is 1. The highest BCUT2D eigenvalue weighted by atomic mass is 16.4. The van der Waals surface area contributed by atoms with Gasteiger partial charge in [-0.2, -0.15) is 0 Å². The maximum Gasteiger partial charge on any atom is 0.320 e. The Morgan fingerprint density at radius 3 is 2.90 bits per heavy atom. The van der Waals surface area contributed by atoms with Crippen molar-refractivity contribution >= 4 is 5.97 Å². The average molecular weight is 283 g/mol. The molecule has 0 aromatic rings. The van der Waals surface area contributed by atoms with Crippen LogP contribution >= 0.6 is 0 Å². The summed E-state index contributed by atoms with van der Waals surface area (Å²) in [5.74, 6) is -0.726. The molecule has 0 aliphatic carbocycles. The Morgan fingerprint density at radius 2 is 2.20 bits per heavy atom. The van der Waals surface area contributed by atoms with E-state index < -0.39 is 12.0 Å². The third-order valence-corrected chi connectivity index (χ3v) is 4.77. The fourth-order valence-corrected chi connectivity index (χ4v) is 3.58. The summed E-state index contributed by atoms with van der Waals surface area (Å²) in [6.07, 6.45) is 4.68. The summed E-state index contributed by atoms with van der Waals surface area (Å²) < 4.78 is 0. The number of nitrogens with zero attached hydrogens (tertiary/aromatic N) is 2. The fourth-order valence-electron chi connectivity index (χ4n) is 3.58. The highest BCUT2D eigenvalue weighted by molar-refractivity contribution is 5.73. The molecule has 2 rings (SSSR count). The minimum absolute atomic E-state index is 0.406. The second-order valence-corrected chi connectivity index (χ2v) is 6.23. The lowest BCUT2D eigenvalue weighted by Crippen LogP contribution is -2.59. The third-order valence-electron chi connectivity index (χ3n) is 4.77. The van der Waals surface area contributed by atoms with Gasteiger partial charge in [0, 0.05) is 31.7 Å². The molecular formula is C15H29N3O2. The molecule has 5 nitrogen and oxygen atoms in total. The average Bonchev–Trinajstić information content (AvgIpc) is 2.43. The van der Waals surface area contributed by atoms with E-state index in [4.69, 9.17) is 0 Å². The van der Waals surface area contributed by atoms with Gasteiger partial charge in [0.1, 0.15) is 6.04 Å². The van der Waals surface area contributed by atoms with E-state index >= 15 is 0 Å². The first-order chi connectivity index (χ1) is 9.61. The Labute approximate surface area is 122 Å². The van der Waals surface area contributed by atoms with Gasteiger partial charge in [0.15, 0.2) is 0 Å². The molecule has 20 heavy (non-hydrogen) atoms. The number of nitrogens with one attached hydrogen (secondary N) is 1. The van der Waals surface area contributed by atoms with Gasteiger partial charge in [-0.25, -0.2) is 0 Å². The predicted molar refractivity (Wildman–Crippen MR) is 80.0 cm³/mol. The number of carbonyl (C=O) groups is 1. The van der Waals surface area contributed by atoms with Crippen molar-refractivity contribution in [3.05, 3.63) is 0 Å². The predicted octanol–water partition coefficient (Wildman–Crippen LogP) is 0.998. The molecule has 0 radical (unpaired) electrons. The smallest absolute Gasteiger partial charge is 0.320 e. The van der Waals surface area contributed by atoms with Crippen molar-refractivity contribution in [3.63, 3.8) is 0 Å². The van der Waals surface area contributed by atoms with Gasteiger partial charge < -0.3 is 10.4 Å². The van der Waals surface area contributed by atoms with Crippen LogP contribution in [0, 0.1) is 0 Å². The third kappa shape index (κ3) is 3.93. The van der Waals surface area contributed by atoms with E-state index in [9.17, 15) is 9.90 Å². The monoisotopic (exact) mass is 283 g/mol. The van der Waals surface area contributed by atoms with Crippen LogP contribution in [0.4, 0.5) is 0 Å². The SMILES string of the molecule is CCNC(CCN1CC2CCCCN2CC1C)C(=O)O. The van der Waals surface area contributed by atoms with Crippen molar-refractivity contribution in [2.24, 2.45) is 0 Å². The normalized spacial score (nSPS) is 29.9. The van der Waals surface area contributed by atoms with E-state index in [1.54, 1.807) is 0 Å². The van der Waals surface area contributed by atoms with E-state index in [1.165, 1.54) is 25.8 Å². The maximum atomic E-state index is 11.2. The van der Waals surface area contributed by atoms with E-state index in [-0.39, 0.29) is 0 Å². The standard InChI is InChI=1S/C15H29N3O2/c1-3-16-14(15(19)20)7-9-17-11-13-6-4-5-8-18(13)10-12(17)2/h12-14,16H,3-11H2,1-2H3,(H,19,20). The van der Waals surface area contributed by atoms with E-state index in [2.05, 4.69) is 22.0 Å². The van der Waals surface area contributed by atoms with Crippen molar-refractivity contribution in [3.8, 4) is 0 Å². The number of hydrogen-bond acceptors (Lipinski definition) is 4. The first-order valence-electron chi connectivity index (χ1n) is 8.06. The highest BCUT2D eigenvalue weighted by Gasteiger charge is 2.33. The molecule has 3 atom stereocenters. The molecule has 2 aliphatic heterocycles. The van der Waals surface area contributed by atoms with E-state index in [0.29, 0.717) is 25.0 Å². The molecule has 2 fully saturated rings. The van der Waals surface area contributed by atoms with Crippen molar-refractivity contribution in [1.82, 2.24) is 15.1 Å². The Bertz CT molecular complexity index is 324. The van der Waals surface area contributed by atoms with Crippen molar-refractivity contribution in [2.45, 2.75) is 57.7 Å². The van der Waals surface area contributed by atoms with Gasteiger partial charge in [-0.3, -0.25) is 14.6 Å². The van der Waals surface area contributed by atoms with Crippen LogP contribution in [-0.2, 0) is 4.79 Å². The van der Waals surface area contributed by atoms with Crippen LogP contribution < -0.4 is 5.32 Å². The summed E-state index contributed by atoms with van der Waals surface area (Å²) in [5.41, 5.74) is 0. The van der Waals surface area contributed by atoms with Gasteiger partial charge in [0.25, 0.3) is 0 Å². The molecule has 5 heteroatoms. The van der Waals surface area contributed by atoms with Gasteiger partial charge in [-0.15, -0.1) is 0 Å². The summed E-state index contributed by atoms with van der Waals surface area (Å²) in [4.78, 5) is 16.3. The summed E-state index contributed by atoms with van der Waals surface area (Å²) in [6.45, 7) is 9.33. The summed E-state index contributed by atoms with van der Waals surface area (Å²) in [7, 11) is 0. The van der Waals surface area contributed by atoms with Crippen LogP contribution in [0.5, 0.6) is 0 Å². The minimum atomic E-state index is -0.726. The van der Waals surface area contributed by atoms with Crippen molar-refractivity contribution in [2.75, 3.05) is 32.7 Å². The van der Waals surface area contributed by atoms with Gasteiger partial charge in [-0.1, -0.05) is 13.3 Å². The van der Waals surface area contributed by atoms with Gasteiger partial charge >= 0.3 is 5.97 Å². The number of piperazine rings is 1. The molecule has 116 valence electrons. The highest BCUT2D eigenvalue weighted by Crippen LogP contribution is 2.24. The molecule has 0 aromatic heterocycles. The second-order valence-electron chi connectivity index (χ2n) is 6.23. The molecule has 2 heterocycles. The molecular weight excluding hydrogens is 254 g/mol. The number of piperidine rings is 1.